The number of rotatable bonds is 5. The molecule has 0 bridgehead atoms. The summed E-state index contributed by atoms with van der Waals surface area (Å²) in [5.41, 5.74) is 5.22. The molecule has 0 heterocycles. The third kappa shape index (κ3) is 4.70. The van der Waals surface area contributed by atoms with Gasteiger partial charge in [0.25, 0.3) is 0 Å². The molecule has 4 nitrogen and oxygen atoms in total. The van der Waals surface area contributed by atoms with E-state index in [1.165, 1.54) is 0 Å². The molecular formula is C17H17BrN2O2. The molecule has 2 aromatic carbocycles. The summed E-state index contributed by atoms with van der Waals surface area (Å²) in [6.07, 6.45) is 0.279. The highest BCUT2D eigenvalue weighted by Gasteiger charge is 2.04. The van der Waals surface area contributed by atoms with Crippen molar-refractivity contribution in [3.63, 3.8) is 0 Å². The minimum Gasteiger partial charge on any atom is -0.497 e. The zero-order valence-electron chi connectivity index (χ0n) is 12.5. The largest absolute Gasteiger partial charge is 0.497 e. The summed E-state index contributed by atoms with van der Waals surface area (Å²) in [5.74, 6) is 0.620. The molecule has 1 N–H and O–H groups in total. The summed E-state index contributed by atoms with van der Waals surface area (Å²) in [7, 11) is 1.61. The molecule has 0 aliphatic rings. The number of hydrazone groups is 1. The monoisotopic (exact) mass is 360 g/mol. The van der Waals surface area contributed by atoms with Gasteiger partial charge in [0.05, 0.1) is 19.2 Å². The van der Waals surface area contributed by atoms with Gasteiger partial charge in [-0.05, 0) is 42.3 Å². The lowest BCUT2D eigenvalue weighted by Gasteiger charge is -2.04. The lowest BCUT2D eigenvalue weighted by atomic mass is 10.1. The average molecular weight is 361 g/mol. The fourth-order valence-electron chi connectivity index (χ4n) is 1.87. The number of hydrogen-bond donors (Lipinski definition) is 1. The Kier molecular flexibility index (Phi) is 5.72. The quantitative estimate of drug-likeness (QED) is 0.654. The molecule has 0 spiro atoms. The van der Waals surface area contributed by atoms with Gasteiger partial charge in [0.15, 0.2) is 0 Å². The number of benzene rings is 2. The van der Waals surface area contributed by atoms with Crippen molar-refractivity contribution in [3.8, 4) is 5.75 Å². The van der Waals surface area contributed by atoms with Crippen LogP contribution in [0.15, 0.2) is 58.1 Å². The molecule has 0 aliphatic carbocycles. The van der Waals surface area contributed by atoms with Gasteiger partial charge in [0.2, 0.25) is 5.91 Å². The molecule has 0 saturated carbocycles. The minimum absolute atomic E-state index is 0.151. The third-order valence-corrected chi connectivity index (χ3v) is 3.66. The maximum absolute atomic E-state index is 11.9. The lowest BCUT2D eigenvalue weighted by Crippen LogP contribution is -2.21. The third-order valence-electron chi connectivity index (χ3n) is 3.13. The fourth-order valence-corrected chi connectivity index (χ4v) is 2.13. The highest BCUT2D eigenvalue weighted by molar-refractivity contribution is 9.10. The van der Waals surface area contributed by atoms with Gasteiger partial charge in [-0.25, -0.2) is 5.43 Å². The van der Waals surface area contributed by atoms with Crippen molar-refractivity contribution in [1.82, 2.24) is 5.43 Å². The summed E-state index contributed by atoms with van der Waals surface area (Å²) in [6.45, 7) is 1.86. The van der Waals surface area contributed by atoms with E-state index < -0.39 is 0 Å². The number of nitrogens with one attached hydrogen (secondary N) is 1. The first kappa shape index (κ1) is 16.2. The fraction of sp³-hybridized carbons (Fsp3) is 0.176. The number of ether oxygens (including phenoxy) is 1. The van der Waals surface area contributed by atoms with Gasteiger partial charge in [-0.3, -0.25) is 4.79 Å². The molecule has 0 aromatic heterocycles. The van der Waals surface area contributed by atoms with Crippen LogP contribution >= 0.6 is 15.9 Å². The number of carbonyl (C=O) groups excluding carboxylic acids is 1. The van der Waals surface area contributed by atoms with E-state index in [0.717, 1.165) is 27.1 Å². The molecule has 5 heteroatoms. The van der Waals surface area contributed by atoms with Gasteiger partial charge in [0.1, 0.15) is 5.75 Å². The van der Waals surface area contributed by atoms with Gasteiger partial charge < -0.3 is 4.74 Å². The lowest BCUT2D eigenvalue weighted by molar-refractivity contribution is -0.120. The van der Waals surface area contributed by atoms with Gasteiger partial charge in [-0.1, -0.05) is 40.2 Å². The SMILES string of the molecule is COc1ccc(CC(=O)N/N=C(/C)c2ccc(Br)cc2)cc1. The molecule has 1 amide bonds. The molecule has 0 radical (unpaired) electrons. The first-order chi connectivity index (χ1) is 10.6. The Morgan fingerprint density at radius 1 is 1.14 bits per heavy atom. The Hall–Kier alpha value is -2.14. The maximum atomic E-state index is 11.9. The standard InChI is InChI=1S/C17H17BrN2O2/c1-12(14-5-7-15(18)8-6-14)19-20-17(21)11-13-3-9-16(22-2)10-4-13/h3-10H,11H2,1-2H3,(H,20,21)/b19-12-. The summed E-state index contributed by atoms with van der Waals surface area (Å²) >= 11 is 3.39. The van der Waals surface area contributed by atoms with Crippen LogP contribution in [0.2, 0.25) is 0 Å². The van der Waals surface area contributed by atoms with Crippen molar-refractivity contribution in [2.24, 2.45) is 5.10 Å². The van der Waals surface area contributed by atoms with Crippen molar-refractivity contribution >= 4 is 27.5 Å². The van der Waals surface area contributed by atoms with Crippen molar-refractivity contribution in [2.75, 3.05) is 7.11 Å². The van der Waals surface area contributed by atoms with Crippen molar-refractivity contribution in [3.05, 3.63) is 64.1 Å². The van der Waals surface area contributed by atoms with E-state index in [1.54, 1.807) is 7.11 Å². The number of carbonyl (C=O) groups is 1. The van der Waals surface area contributed by atoms with Crippen LogP contribution in [0, 0.1) is 0 Å². The molecule has 114 valence electrons. The van der Waals surface area contributed by atoms with E-state index >= 15 is 0 Å². The van der Waals surface area contributed by atoms with Crippen LogP contribution in [-0.4, -0.2) is 18.7 Å². The van der Waals surface area contributed by atoms with Crippen molar-refractivity contribution < 1.29 is 9.53 Å². The summed E-state index contributed by atoms with van der Waals surface area (Å²) < 4.78 is 6.09. The van der Waals surface area contributed by atoms with E-state index in [9.17, 15) is 4.79 Å². The van der Waals surface area contributed by atoms with Crippen LogP contribution in [0.1, 0.15) is 18.1 Å². The van der Waals surface area contributed by atoms with Crippen LogP contribution in [0.25, 0.3) is 0 Å². The van der Waals surface area contributed by atoms with E-state index in [1.807, 2.05) is 55.5 Å². The van der Waals surface area contributed by atoms with Crippen LogP contribution < -0.4 is 10.2 Å². The van der Waals surface area contributed by atoms with Crippen LogP contribution in [0.4, 0.5) is 0 Å². The molecule has 0 fully saturated rings. The second-order valence-electron chi connectivity index (χ2n) is 4.76. The van der Waals surface area contributed by atoms with Gasteiger partial charge in [-0.2, -0.15) is 5.10 Å². The van der Waals surface area contributed by atoms with Crippen LogP contribution in [0.5, 0.6) is 5.75 Å². The molecule has 2 aromatic rings. The Morgan fingerprint density at radius 2 is 1.77 bits per heavy atom. The highest BCUT2D eigenvalue weighted by atomic mass is 79.9. The minimum atomic E-state index is -0.151. The summed E-state index contributed by atoms with van der Waals surface area (Å²) in [5, 5.41) is 4.13. The second-order valence-corrected chi connectivity index (χ2v) is 5.68. The van der Waals surface area contributed by atoms with E-state index in [2.05, 4.69) is 26.5 Å². The molecule has 2 rings (SSSR count). The smallest absolute Gasteiger partial charge is 0.244 e. The first-order valence-electron chi connectivity index (χ1n) is 6.80. The predicted molar refractivity (Wildman–Crippen MR) is 91.2 cm³/mol. The average Bonchev–Trinajstić information content (AvgIpc) is 2.54. The van der Waals surface area contributed by atoms with E-state index in [-0.39, 0.29) is 12.3 Å². The van der Waals surface area contributed by atoms with Gasteiger partial charge in [0, 0.05) is 4.47 Å². The van der Waals surface area contributed by atoms with Crippen LogP contribution in [-0.2, 0) is 11.2 Å². The topological polar surface area (TPSA) is 50.7 Å². The number of methoxy groups -OCH3 is 1. The zero-order valence-corrected chi connectivity index (χ0v) is 14.1. The maximum Gasteiger partial charge on any atom is 0.244 e. The Labute approximate surface area is 138 Å². The van der Waals surface area contributed by atoms with Gasteiger partial charge >= 0.3 is 0 Å². The molecule has 0 aliphatic heterocycles. The first-order valence-corrected chi connectivity index (χ1v) is 7.60. The Morgan fingerprint density at radius 3 is 2.36 bits per heavy atom. The van der Waals surface area contributed by atoms with Gasteiger partial charge in [-0.15, -0.1) is 0 Å². The number of halogens is 1. The van der Waals surface area contributed by atoms with Crippen molar-refractivity contribution in [2.45, 2.75) is 13.3 Å². The zero-order chi connectivity index (χ0) is 15.9. The normalized spacial score (nSPS) is 11.1. The predicted octanol–water partition coefficient (Wildman–Crippen LogP) is 3.54. The van der Waals surface area contributed by atoms with E-state index in [4.69, 9.17) is 4.74 Å². The Bertz CT molecular complexity index is 664. The molecule has 0 saturated heterocycles. The molecular weight excluding hydrogens is 344 g/mol. The van der Waals surface area contributed by atoms with Crippen molar-refractivity contribution in [1.29, 1.82) is 0 Å². The number of amides is 1. The molecule has 0 atom stereocenters. The van der Waals surface area contributed by atoms with E-state index in [0.29, 0.717) is 0 Å². The number of hydrogen-bond acceptors (Lipinski definition) is 3. The summed E-state index contributed by atoms with van der Waals surface area (Å²) in [6, 6.07) is 15.2. The summed E-state index contributed by atoms with van der Waals surface area (Å²) in [4.78, 5) is 11.9. The highest BCUT2D eigenvalue weighted by Crippen LogP contribution is 2.12. The molecule has 22 heavy (non-hydrogen) atoms. The van der Waals surface area contributed by atoms with Crippen LogP contribution in [0.3, 0.4) is 0 Å². The second kappa shape index (κ2) is 7.75. The Balaban J connectivity index is 1.93. The molecule has 0 unspecified atom stereocenters. The number of nitrogens with zero attached hydrogens (tertiary/aromatic N) is 1.